The lowest BCUT2D eigenvalue weighted by atomic mass is 10.3. The molecule has 0 aliphatic heterocycles. The fourth-order valence-electron chi connectivity index (χ4n) is 2.00. The highest BCUT2D eigenvalue weighted by atomic mass is 32.2. The molecule has 1 N–H and O–H groups in total. The average molecular weight is 361 g/mol. The lowest BCUT2D eigenvalue weighted by Gasteiger charge is -2.06. The van der Waals surface area contributed by atoms with Crippen LogP contribution in [-0.2, 0) is 10.0 Å². The monoisotopic (exact) mass is 361 g/mol. The van der Waals surface area contributed by atoms with Crippen molar-refractivity contribution in [2.45, 2.75) is 10.1 Å². The molecule has 0 saturated heterocycles. The molecular formula is C15H15N5O2S2. The summed E-state index contributed by atoms with van der Waals surface area (Å²) < 4.78 is 28.4. The lowest BCUT2D eigenvalue weighted by molar-refractivity contribution is 0.584. The van der Waals surface area contributed by atoms with Gasteiger partial charge in [-0.05, 0) is 34.7 Å². The summed E-state index contributed by atoms with van der Waals surface area (Å²) in [5.74, 6) is 0.513. The Kier molecular flexibility index (Phi) is 5.24. The van der Waals surface area contributed by atoms with Gasteiger partial charge in [0, 0.05) is 12.3 Å². The molecule has 0 spiro atoms. The number of benzene rings is 2. The summed E-state index contributed by atoms with van der Waals surface area (Å²) in [5.41, 5.74) is 0.856. The highest BCUT2D eigenvalue weighted by Crippen LogP contribution is 2.17. The van der Waals surface area contributed by atoms with E-state index in [-0.39, 0.29) is 11.4 Å². The zero-order chi connectivity index (χ0) is 16.8. The van der Waals surface area contributed by atoms with Crippen LogP contribution >= 0.6 is 11.8 Å². The van der Waals surface area contributed by atoms with Crippen LogP contribution in [0.3, 0.4) is 0 Å². The van der Waals surface area contributed by atoms with E-state index < -0.39 is 10.0 Å². The minimum absolute atomic E-state index is 0.254. The molecule has 0 radical (unpaired) electrons. The normalized spacial score (nSPS) is 11.5. The second-order valence-electron chi connectivity index (χ2n) is 4.77. The fourth-order valence-corrected chi connectivity index (χ4v) is 3.93. The number of para-hydroxylation sites is 1. The second kappa shape index (κ2) is 7.56. The Morgan fingerprint density at radius 2 is 1.67 bits per heavy atom. The molecule has 2 aromatic carbocycles. The van der Waals surface area contributed by atoms with Gasteiger partial charge in [-0.1, -0.05) is 48.2 Å². The van der Waals surface area contributed by atoms with Crippen molar-refractivity contribution in [1.29, 1.82) is 0 Å². The van der Waals surface area contributed by atoms with Crippen LogP contribution in [0, 0.1) is 0 Å². The maximum Gasteiger partial charge on any atom is 0.240 e. The molecule has 24 heavy (non-hydrogen) atoms. The average Bonchev–Trinajstić information content (AvgIpc) is 3.09. The van der Waals surface area contributed by atoms with Crippen LogP contribution in [0.5, 0.6) is 0 Å². The zero-order valence-corrected chi connectivity index (χ0v) is 14.2. The molecule has 0 atom stereocenters. The molecule has 0 aliphatic carbocycles. The minimum atomic E-state index is -3.49. The second-order valence-corrected chi connectivity index (χ2v) is 7.60. The SMILES string of the molecule is O=S(=O)(NCCSc1nnnn1-c1ccccc1)c1ccccc1. The molecule has 3 aromatic rings. The van der Waals surface area contributed by atoms with E-state index in [4.69, 9.17) is 0 Å². The first kappa shape index (κ1) is 16.6. The van der Waals surface area contributed by atoms with Gasteiger partial charge in [0.05, 0.1) is 10.6 Å². The van der Waals surface area contributed by atoms with E-state index >= 15 is 0 Å². The maximum absolute atomic E-state index is 12.1. The standard InChI is InChI=1S/C15H15N5O2S2/c21-24(22,14-9-5-2-6-10-14)16-11-12-23-15-17-18-19-20(15)13-7-3-1-4-8-13/h1-10,16H,11-12H2. The molecule has 0 bridgehead atoms. The highest BCUT2D eigenvalue weighted by molar-refractivity contribution is 7.99. The topological polar surface area (TPSA) is 89.8 Å². The van der Waals surface area contributed by atoms with Crippen molar-refractivity contribution in [2.24, 2.45) is 0 Å². The van der Waals surface area contributed by atoms with Crippen LogP contribution in [0.15, 0.2) is 70.7 Å². The van der Waals surface area contributed by atoms with Crippen LogP contribution in [-0.4, -0.2) is 40.9 Å². The Morgan fingerprint density at radius 1 is 1.00 bits per heavy atom. The van der Waals surface area contributed by atoms with E-state index in [9.17, 15) is 8.42 Å². The summed E-state index contributed by atoms with van der Waals surface area (Å²) in [5, 5.41) is 12.2. The quantitative estimate of drug-likeness (QED) is 0.509. The zero-order valence-electron chi connectivity index (χ0n) is 12.6. The van der Waals surface area contributed by atoms with E-state index in [1.165, 1.54) is 11.8 Å². The predicted octanol–water partition coefficient (Wildman–Crippen LogP) is 1.73. The van der Waals surface area contributed by atoms with Crippen molar-refractivity contribution in [1.82, 2.24) is 24.9 Å². The Morgan fingerprint density at radius 3 is 2.38 bits per heavy atom. The molecule has 0 unspecified atom stereocenters. The maximum atomic E-state index is 12.1. The summed E-state index contributed by atoms with van der Waals surface area (Å²) >= 11 is 1.38. The van der Waals surface area contributed by atoms with E-state index in [1.54, 1.807) is 35.0 Å². The Bertz CT molecular complexity index is 882. The van der Waals surface area contributed by atoms with Crippen LogP contribution in [0.4, 0.5) is 0 Å². The van der Waals surface area contributed by atoms with Gasteiger partial charge in [0.2, 0.25) is 15.2 Å². The molecule has 0 amide bonds. The van der Waals surface area contributed by atoms with Crippen molar-refractivity contribution in [3.63, 3.8) is 0 Å². The third-order valence-corrected chi connectivity index (χ3v) is 5.52. The van der Waals surface area contributed by atoms with Gasteiger partial charge >= 0.3 is 0 Å². The minimum Gasteiger partial charge on any atom is -0.210 e. The third-order valence-electron chi connectivity index (χ3n) is 3.12. The Labute approximate surface area is 144 Å². The van der Waals surface area contributed by atoms with Crippen molar-refractivity contribution >= 4 is 21.8 Å². The molecule has 124 valence electrons. The first-order chi connectivity index (χ1) is 11.7. The van der Waals surface area contributed by atoms with Gasteiger partial charge in [0.15, 0.2) is 0 Å². The molecule has 3 rings (SSSR count). The predicted molar refractivity (Wildman–Crippen MR) is 91.5 cm³/mol. The molecule has 0 saturated carbocycles. The van der Waals surface area contributed by atoms with Crippen LogP contribution in [0.2, 0.25) is 0 Å². The van der Waals surface area contributed by atoms with Gasteiger partial charge in [-0.25, -0.2) is 13.1 Å². The van der Waals surface area contributed by atoms with E-state index in [2.05, 4.69) is 20.2 Å². The summed E-state index contributed by atoms with van der Waals surface area (Å²) in [4.78, 5) is 0.254. The summed E-state index contributed by atoms with van der Waals surface area (Å²) in [7, 11) is -3.49. The van der Waals surface area contributed by atoms with Crippen molar-refractivity contribution in [3.05, 3.63) is 60.7 Å². The third kappa shape index (κ3) is 3.99. The van der Waals surface area contributed by atoms with Gasteiger partial charge in [0.1, 0.15) is 0 Å². The largest absolute Gasteiger partial charge is 0.240 e. The molecule has 1 aromatic heterocycles. The van der Waals surface area contributed by atoms with Gasteiger partial charge in [-0.2, -0.15) is 4.68 Å². The number of aromatic nitrogens is 4. The number of sulfonamides is 1. The van der Waals surface area contributed by atoms with Gasteiger partial charge in [-0.3, -0.25) is 0 Å². The number of rotatable bonds is 7. The van der Waals surface area contributed by atoms with Crippen LogP contribution in [0.25, 0.3) is 5.69 Å². The first-order valence-electron chi connectivity index (χ1n) is 7.18. The van der Waals surface area contributed by atoms with Crippen molar-refractivity contribution in [2.75, 3.05) is 12.3 Å². The summed E-state index contributed by atoms with van der Waals surface area (Å²) in [6, 6.07) is 17.8. The number of tetrazole rings is 1. The van der Waals surface area contributed by atoms with E-state index in [0.29, 0.717) is 10.9 Å². The van der Waals surface area contributed by atoms with Crippen molar-refractivity contribution in [3.8, 4) is 5.69 Å². The van der Waals surface area contributed by atoms with Gasteiger partial charge < -0.3 is 0 Å². The fraction of sp³-hybridized carbons (Fsp3) is 0.133. The number of thioether (sulfide) groups is 1. The first-order valence-corrected chi connectivity index (χ1v) is 9.65. The van der Waals surface area contributed by atoms with E-state index in [0.717, 1.165) is 5.69 Å². The molecule has 0 aliphatic rings. The number of hydrogen-bond acceptors (Lipinski definition) is 6. The Hall–Kier alpha value is -2.23. The molecule has 0 fully saturated rings. The molecule has 7 nitrogen and oxygen atoms in total. The number of nitrogens with one attached hydrogen (secondary N) is 1. The highest BCUT2D eigenvalue weighted by Gasteiger charge is 2.13. The summed E-state index contributed by atoms with van der Waals surface area (Å²) in [6.07, 6.45) is 0. The smallest absolute Gasteiger partial charge is 0.210 e. The van der Waals surface area contributed by atoms with Gasteiger partial charge in [-0.15, -0.1) is 5.10 Å². The van der Waals surface area contributed by atoms with Gasteiger partial charge in [0.25, 0.3) is 0 Å². The van der Waals surface area contributed by atoms with Crippen LogP contribution in [0.1, 0.15) is 0 Å². The molecule has 9 heteroatoms. The lowest BCUT2D eigenvalue weighted by Crippen LogP contribution is -2.26. The molecular weight excluding hydrogens is 346 g/mol. The number of nitrogens with zero attached hydrogens (tertiary/aromatic N) is 4. The Balaban J connectivity index is 1.58. The van der Waals surface area contributed by atoms with Crippen LogP contribution < -0.4 is 4.72 Å². The number of hydrogen-bond donors (Lipinski definition) is 1. The van der Waals surface area contributed by atoms with E-state index in [1.807, 2.05) is 30.3 Å². The molecule has 1 heterocycles. The van der Waals surface area contributed by atoms with Crippen molar-refractivity contribution < 1.29 is 8.42 Å². The summed E-state index contributed by atoms with van der Waals surface area (Å²) in [6.45, 7) is 0.281.